The summed E-state index contributed by atoms with van der Waals surface area (Å²) in [6.45, 7) is 7.72. The van der Waals surface area contributed by atoms with Crippen LogP contribution in [0, 0.1) is 6.92 Å². The van der Waals surface area contributed by atoms with Crippen LogP contribution in [0.25, 0.3) is 0 Å². The molecule has 0 unspecified atom stereocenters. The van der Waals surface area contributed by atoms with Crippen LogP contribution >= 0.6 is 0 Å². The van der Waals surface area contributed by atoms with E-state index in [1.165, 1.54) is 26.4 Å². The van der Waals surface area contributed by atoms with Gasteiger partial charge in [-0.1, -0.05) is 67.9 Å². The summed E-state index contributed by atoms with van der Waals surface area (Å²) in [5.41, 5.74) is 0.929. The molecule has 32 heavy (non-hydrogen) atoms. The number of methoxy groups -OCH3 is 2. The lowest BCUT2D eigenvalue weighted by molar-refractivity contribution is -0.140. The molecule has 0 amide bonds. The third kappa shape index (κ3) is 7.18. The number of benzene rings is 1. The van der Waals surface area contributed by atoms with Gasteiger partial charge >= 0.3 is 12.1 Å². The third-order valence-electron chi connectivity index (χ3n) is 5.95. The second-order valence-electron chi connectivity index (χ2n) is 7.50. The van der Waals surface area contributed by atoms with Crippen molar-refractivity contribution in [2.24, 2.45) is 0 Å². The molecule has 0 aliphatic heterocycles. The summed E-state index contributed by atoms with van der Waals surface area (Å²) in [4.78, 5) is 23.6. The van der Waals surface area contributed by atoms with Crippen molar-refractivity contribution in [1.29, 1.82) is 0 Å². The summed E-state index contributed by atoms with van der Waals surface area (Å²) >= 11 is 0. The summed E-state index contributed by atoms with van der Waals surface area (Å²) in [7, 11) is -3.59. The van der Waals surface area contributed by atoms with Crippen LogP contribution in [0.5, 0.6) is 0 Å². The molecule has 0 aromatic heterocycles. The Morgan fingerprint density at radius 3 is 2.00 bits per heavy atom. The quantitative estimate of drug-likeness (QED) is 0.327. The minimum atomic E-state index is -3.97. The van der Waals surface area contributed by atoms with Gasteiger partial charge < -0.3 is 14.2 Å². The highest BCUT2D eigenvalue weighted by molar-refractivity contribution is 7.89. The van der Waals surface area contributed by atoms with Gasteiger partial charge in [0.25, 0.3) is 0 Å². The molecule has 0 spiro atoms. The highest BCUT2D eigenvalue weighted by Crippen LogP contribution is 2.31. The van der Waals surface area contributed by atoms with Crippen molar-refractivity contribution < 1.29 is 32.2 Å². The number of carbonyl (C=O) groups is 2. The number of carbonyl (C=O) groups excluding carboxylic acids is 2. The Kier molecular flexibility index (Phi) is 11.1. The van der Waals surface area contributed by atoms with Crippen molar-refractivity contribution in [3.8, 4) is 0 Å². The summed E-state index contributed by atoms with van der Waals surface area (Å²) in [5, 5.41) is 0.911. The first-order valence-corrected chi connectivity index (χ1v) is 14.7. The van der Waals surface area contributed by atoms with E-state index < -0.39 is 36.8 Å². The van der Waals surface area contributed by atoms with E-state index in [0.29, 0.717) is 0 Å². The third-order valence-corrected chi connectivity index (χ3v) is 13.5. The van der Waals surface area contributed by atoms with Crippen molar-refractivity contribution in [2.75, 3.05) is 33.9 Å². The van der Waals surface area contributed by atoms with Gasteiger partial charge in [-0.3, -0.25) is 4.79 Å². The number of nitrogens with zero attached hydrogens (tertiary/aromatic N) is 1. The van der Waals surface area contributed by atoms with Gasteiger partial charge in [-0.25, -0.2) is 13.2 Å². The van der Waals surface area contributed by atoms with Gasteiger partial charge in [0.15, 0.2) is 0 Å². The standard InChI is InChI=1S/C22H35NO7SSi/c1-7-32(8-2,9-3)20(14-15-30-22(25)29-6)16-23(17-21(24)28-5)31(26,27)19-12-10-18(4)11-13-19/h10-14H,7-9,15-17H2,1-6H3/b20-14+. The molecule has 0 bridgehead atoms. The topological polar surface area (TPSA) is 99.2 Å². The second-order valence-corrected chi connectivity index (χ2v) is 14.8. The molecule has 0 saturated heterocycles. The fourth-order valence-corrected chi connectivity index (χ4v) is 9.02. The molecule has 0 N–H and O–H groups in total. The smallest absolute Gasteiger partial charge is 0.468 e. The Hall–Kier alpha value is -2.17. The Labute approximate surface area is 192 Å². The van der Waals surface area contributed by atoms with E-state index in [2.05, 4.69) is 25.5 Å². The van der Waals surface area contributed by atoms with E-state index in [1.807, 2.05) is 6.92 Å². The van der Waals surface area contributed by atoms with Gasteiger partial charge in [0, 0.05) is 6.54 Å². The lowest BCUT2D eigenvalue weighted by Gasteiger charge is -2.34. The monoisotopic (exact) mass is 485 g/mol. The van der Waals surface area contributed by atoms with Gasteiger partial charge in [-0.05, 0) is 19.1 Å². The fourth-order valence-electron chi connectivity index (χ4n) is 3.63. The molecule has 1 rings (SSSR count). The van der Waals surface area contributed by atoms with Crippen molar-refractivity contribution in [2.45, 2.75) is 50.7 Å². The molecule has 0 saturated carbocycles. The van der Waals surface area contributed by atoms with E-state index in [0.717, 1.165) is 33.2 Å². The Morgan fingerprint density at radius 1 is 0.969 bits per heavy atom. The molecule has 8 nitrogen and oxygen atoms in total. The van der Waals surface area contributed by atoms with Crippen LogP contribution in [-0.2, 0) is 29.0 Å². The van der Waals surface area contributed by atoms with E-state index in [4.69, 9.17) is 9.47 Å². The lowest BCUT2D eigenvalue weighted by Crippen LogP contribution is -2.44. The molecule has 1 aromatic carbocycles. The molecular weight excluding hydrogens is 450 g/mol. The van der Waals surface area contributed by atoms with Crippen LogP contribution in [0.3, 0.4) is 0 Å². The average molecular weight is 486 g/mol. The Morgan fingerprint density at radius 2 is 1.53 bits per heavy atom. The normalized spacial score (nSPS) is 12.5. The fraction of sp³-hybridized carbons (Fsp3) is 0.545. The molecule has 0 radical (unpaired) electrons. The van der Waals surface area contributed by atoms with Crippen LogP contribution in [0.2, 0.25) is 18.1 Å². The number of sulfonamides is 1. The summed E-state index contributed by atoms with van der Waals surface area (Å²) in [6, 6.07) is 9.16. The summed E-state index contributed by atoms with van der Waals surface area (Å²) < 4.78 is 42.4. The zero-order chi connectivity index (χ0) is 24.4. The number of ether oxygens (including phenoxy) is 3. The maximum atomic E-state index is 13.5. The van der Waals surface area contributed by atoms with Gasteiger partial charge in [-0.15, -0.1) is 0 Å². The molecule has 0 aliphatic rings. The van der Waals surface area contributed by atoms with Gasteiger partial charge in [0.1, 0.15) is 13.2 Å². The average Bonchev–Trinajstić information content (AvgIpc) is 2.79. The highest BCUT2D eigenvalue weighted by Gasteiger charge is 2.36. The van der Waals surface area contributed by atoms with Crippen molar-refractivity contribution in [3.05, 3.63) is 41.1 Å². The van der Waals surface area contributed by atoms with Crippen LogP contribution in [-0.4, -0.2) is 66.8 Å². The predicted molar refractivity (Wildman–Crippen MR) is 126 cm³/mol. The first kappa shape index (κ1) is 27.9. The van der Waals surface area contributed by atoms with Crippen molar-refractivity contribution >= 4 is 30.2 Å². The van der Waals surface area contributed by atoms with Crippen LogP contribution in [0.4, 0.5) is 4.79 Å². The lowest BCUT2D eigenvalue weighted by atomic mass is 10.2. The molecular formula is C22H35NO7SSi. The molecule has 180 valence electrons. The zero-order valence-corrected chi connectivity index (χ0v) is 21.7. The number of rotatable bonds is 12. The van der Waals surface area contributed by atoms with Crippen LogP contribution < -0.4 is 0 Å². The molecule has 0 fully saturated rings. The largest absolute Gasteiger partial charge is 0.508 e. The van der Waals surface area contributed by atoms with Crippen LogP contribution in [0.1, 0.15) is 26.3 Å². The number of aryl methyl sites for hydroxylation is 1. The second kappa shape index (κ2) is 12.8. The predicted octanol–water partition coefficient (Wildman–Crippen LogP) is 3.92. The first-order valence-electron chi connectivity index (χ1n) is 10.6. The molecule has 0 heterocycles. The summed E-state index contributed by atoms with van der Waals surface area (Å²) in [5.74, 6) is -0.650. The highest BCUT2D eigenvalue weighted by atomic mass is 32.2. The van der Waals surface area contributed by atoms with E-state index in [1.54, 1.807) is 18.2 Å². The van der Waals surface area contributed by atoms with E-state index >= 15 is 0 Å². The SMILES string of the molecule is CC[Si](CC)(CC)/C(=C/COC(=O)OC)CN(CC(=O)OC)S(=O)(=O)c1ccc(C)cc1. The molecule has 0 atom stereocenters. The van der Waals surface area contributed by atoms with E-state index in [-0.39, 0.29) is 18.0 Å². The molecule has 0 aliphatic carbocycles. The number of esters is 1. The number of hydrogen-bond acceptors (Lipinski definition) is 7. The Balaban J connectivity index is 3.45. The van der Waals surface area contributed by atoms with Gasteiger partial charge in [-0.2, -0.15) is 4.31 Å². The molecule has 1 aromatic rings. The Bertz CT molecular complexity index is 885. The summed E-state index contributed by atoms with van der Waals surface area (Å²) in [6.07, 6.45) is 0.963. The minimum absolute atomic E-state index is 0.0254. The van der Waals surface area contributed by atoms with Crippen molar-refractivity contribution in [1.82, 2.24) is 4.31 Å². The van der Waals surface area contributed by atoms with Crippen molar-refractivity contribution in [3.63, 3.8) is 0 Å². The maximum absolute atomic E-state index is 13.5. The maximum Gasteiger partial charge on any atom is 0.508 e. The van der Waals surface area contributed by atoms with Crippen LogP contribution in [0.15, 0.2) is 40.4 Å². The molecule has 10 heteroatoms. The van der Waals surface area contributed by atoms with E-state index in [9.17, 15) is 18.0 Å². The van der Waals surface area contributed by atoms with Gasteiger partial charge in [0.05, 0.1) is 27.2 Å². The van der Waals surface area contributed by atoms with Gasteiger partial charge in [0.2, 0.25) is 10.0 Å². The minimum Gasteiger partial charge on any atom is -0.468 e. The first-order chi connectivity index (χ1) is 15.1. The number of hydrogen-bond donors (Lipinski definition) is 0. The zero-order valence-electron chi connectivity index (χ0n) is 19.8.